The highest BCUT2D eigenvalue weighted by Crippen LogP contribution is 2.37. The lowest BCUT2D eigenvalue weighted by molar-refractivity contribution is 0.0600. The molecule has 5 rings (SSSR count). The molecule has 0 radical (unpaired) electrons. The standard InChI is InChI=1S/C33H29ClN4O3/c1-40-33(39)25-13-8-14-27(21-25)41-20-18-28-29-22-26(34)15-16-30(29)38(31(28)17-19-36-37-35)32(23-9-4-2-5-10-23)24-11-6-3-7-12-24/h2-16,21-22,32H,17-20H2,1H3. The second kappa shape index (κ2) is 13.1. The number of hydrogen-bond donors (Lipinski definition) is 0. The van der Waals surface area contributed by atoms with Crippen LogP contribution in [0.5, 0.6) is 5.75 Å². The van der Waals surface area contributed by atoms with Crippen molar-refractivity contribution < 1.29 is 14.3 Å². The van der Waals surface area contributed by atoms with Crippen LogP contribution in [0.4, 0.5) is 0 Å². The van der Waals surface area contributed by atoms with Crippen molar-refractivity contribution in [1.29, 1.82) is 0 Å². The van der Waals surface area contributed by atoms with Gasteiger partial charge < -0.3 is 14.0 Å². The van der Waals surface area contributed by atoms with Gasteiger partial charge in [0.05, 0.1) is 25.3 Å². The van der Waals surface area contributed by atoms with E-state index >= 15 is 0 Å². The van der Waals surface area contributed by atoms with Crippen molar-refractivity contribution in [2.24, 2.45) is 5.11 Å². The van der Waals surface area contributed by atoms with Crippen molar-refractivity contribution in [2.75, 3.05) is 20.3 Å². The van der Waals surface area contributed by atoms with Crippen LogP contribution in [0.25, 0.3) is 21.3 Å². The lowest BCUT2D eigenvalue weighted by Crippen LogP contribution is -2.16. The molecule has 41 heavy (non-hydrogen) atoms. The Balaban J connectivity index is 1.62. The molecule has 5 aromatic rings. The first-order valence-electron chi connectivity index (χ1n) is 13.3. The highest BCUT2D eigenvalue weighted by Gasteiger charge is 2.25. The first-order chi connectivity index (χ1) is 20.1. The van der Waals surface area contributed by atoms with Gasteiger partial charge in [-0.25, -0.2) is 4.79 Å². The Bertz CT molecular complexity index is 1660. The van der Waals surface area contributed by atoms with E-state index < -0.39 is 5.97 Å². The van der Waals surface area contributed by atoms with Crippen LogP contribution in [0.3, 0.4) is 0 Å². The Labute approximate surface area is 243 Å². The van der Waals surface area contributed by atoms with Gasteiger partial charge >= 0.3 is 5.97 Å². The van der Waals surface area contributed by atoms with Crippen LogP contribution in [0.1, 0.15) is 38.8 Å². The second-order valence-corrected chi connectivity index (χ2v) is 9.94. The predicted octanol–water partition coefficient (Wildman–Crippen LogP) is 8.19. The molecule has 0 aliphatic carbocycles. The van der Waals surface area contributed by atoms with E-state index in [1.165, 1.54) is 7.11 Å². The lowest BCUT2D eigenvalue weighted by Gasteiger charge is -2.25. The van der Waals surface area contributed by atoms with Gasteiger partial charge in [0.2, 0.25) is 0 Å². The number of carbonyl (C=O) groups is 1. The average molecular weight is 565 g/mol. The number of esters is 1. The largest absolute Gasteiger partial charge is 0.493 e. The Morgan fingerprint density at radius 2 is 1.63 bits per heavy atom. The van der Waals surface area contributed by atoms with Gasteiger partial charge in [-0.2, -0.15) is 0 Å². The van der Waals surface area contributed by atoms with Gasteiger partial charge in [-0.15, -0.1) is 0 Å². The SMILES string of the molecule is COC(=O)c1cccc(OCCc2c(CCN=[N+]=[N-])n(C(c3ccccc3)c3ccccc3)c3ccc(Cl)cc23)c1. The molecule has 0 atom stereocenters. The normalized spacial score (nSPS) is 10.9. The van der Waals surface area contributed by atoms with E-state index in [1.54, 1.807) is 18.2 Å². The second-order valence-electron chi connectivity index (χ2n) is 9.50. The summed E-state index contributed by atoms with van der Waals surface area (Å²) in [5.74, 6) is 0.165. The number of nitrogens with zero attached hydrogens (tertiary/aromatic N) is 4. The maximum Gasteiger partial charge on any atom is 0.337 e. The molecule has 0 unspecified atom stereocenters. The van der Waals surface area contributed by atoms with E-state index in [4.69, 9.17) is 26.6 Å². The number of fused-ring (bicyclic) bond motifs is 1. The van der Waals surface area contributed by atoms with Crippen LogP contribution in [0.2, 0.25) is 5.02 Å². The number of ether oxygens (including phenoxy) is 2. The van der Waals surface area contributed by atoms with Gasteiger partial charge in [0, 0.05) is 39.5 Å². The summed E-state index contributed by atoms with van der Waals surface area (Å²) in [6.07, 6.45) is 1.12. The highest BCUT2D eigenvalue weighted by atomic mass is 35.5. The fourth-order valence-electron chi connectivity index (χ4n) is 5.32. The monoisotopic (exact) mass is 564 g/mol. The van der Waals surface area contributed by atoms with Crippen LogP contribution in [-0.2, 0) is 17.6 Å². The van der Waals surface area contributed by atoms with E-state index in [0.717, 1.165) is 33.3 Å². The van der Waals surface area contributed by atoms with Crippen LogP contribution in [-0.4, -0.2) is 30.8 Å². The van der Waals surface area contributed by atoms with Crippen LogP contribution in [0.15, 0.2) is 108 Å². The molecule has 206 valence electrons. The third-order valence-electron chi connectivity index (χ3n) is 7.06. The molecule has 8 heteroatoms. The molecule has 0 bridgehead atoms. The van der Waals surface area contributed by atoms with Crippen molar-refractivity contribution in [2.45, 2.75) is 18.9 Å². The van der Waals surface area contributed by atoms with Gasteiger partial charge in [-0.05, 0) is 65.0 Å². The topological polar surface area (TPSA) is 89.2 Å². The first kappa shape index (κ1) is 27.8. The van der Waals surface area contributed by atoms with Gasteiger partial charge in [0.1, 0.15) is 5.75 Å². The third-order valence-corrected chi connectivity index (χ3v) is 7.29. The maximum absolute atomic E-state index is 12.0. The molecule has 0 spiro atoms. The Hall–Kier alpha value is -4.71. The lowest BCUT2D eigenvalue weighted by atomic mass is 9.97. The summed E-state index contributed by atoms with van der Waals surface area (Å²) in [4.78, 5) is 15.0. The van der Waals surface area contributed by atoms with Gasteiger partial charge in [0.15, 0.2) is 0 Å². The zero-order chi connectivity index (χ0) is 28.6. The smallest absolute Gasteiger partial charge is 0.337 e. The predicted molar refractivity (Wildman–Crippen MR) is 162 cm³/mol. The number of benzene rings is 4. The molecule has 0 fully saturated rings. The molecule has 0 saturated carbocycles. The molecular formula is C33H29ClN4O3. The zero-order valence-corrected chi connectivity index (χ0v) is 23.4. The van der Waals surface area contributed by atoms with Crippen LogP contribution in [0, 0.1) is 0 Å². The van der Waals surface area contributed by atoms with Crippen molar-refractivity contribution in [3.05, 3.63) is 147 Å². The third kappa shape index (κ3) is 6.22. The molecule has 0 aliphatic heterocycles. The van der Waals surface area contributed by atoms with E-state index in [2.05, 4.69) is 44.9 Å². The maximum atomic E-state index is 12.0. The van der Waals surface area contributed by atoms with Crippen molar-refractivity contribution in [3.63, 3.8) is 0 Å². The zero-order valence-electron chi connectivity index (χ0n) is 22.6. The van der Waals surface area contributed by atoms with Gasteiger partial charge in [-0.1, -0.05) is 83.4 Å². The molecular weight excluding hydrogens is 536 g/mol. The average Bonchev–Trinajstić information content (AvgIpc) is 3.30. The Morgan fingerprint density at radius 3 is 2.29 bits per heavy atom. The first-order valence-corrected chi connectivity index (χ1v) is 13.7. The summed E-state index contributed by atoms with van der Waals surface area (Å²) < 4.78 is 13.3. The van der Waals surface area contributed by atoms with E-state index in [1.807, 2.05) is 54.6 Å². The molecule has 7 nitrogen and oxygen atoms in total. The van der Waals surface area contributed by atoms with E-state index in [-0.39, 0.29) is 6.04 Å². The fraction of sp³-hybridized carbons (Fsp3) is 0.182. The molecule has 0 aliphatic rings. The van der Waals surface area contributed by atoms with E-state index in [0.29, 0.717) is 42.3 Å². The summed E-state index contributed by atoms with van der Waals surface area (Å²) >= 11 is 6.53. The minimum Gasteiger partial charge on any atom is -0.493 e. The van der Waals surface area contributed by atoms with Gasteiger partial charge in [-0.3, -0.25) is 0 Å². The molecule has 0 saturated heterocycles. The number of halogens is 1. The molecule has 1 heterocycles. The number of azide groups is 1. The molecule has 0 N–H and O–H groups in total. The number of aromatic nitrogens is 1. The number of methoxy groups -OCH3 is 1. The summed E-state index contributed by atoms with van der Waals surface area (Å²) in [6.45, 7) is 0.679. The van der Waals surface area contributed by atoms with Crippen LogP contribution >= 0.6 is 11.6 Å². The molecule has 1 aromatic heterocycles. The number of hydrogen-bond acceptors (Lipinski definition) is 4. The highest BCUT2D eigenvalue weighted by molar-refractivity contribution is 6.31. The summed E-state index contributed by atoms with van der Waals surface area (Å²) in [5.41, 5.74) is 14.9. The van der Waals surface area contributed by atoms with Crippen molar-refractivity contribution >= 4 is 28.5 Å². The fourth-order valence-corrected chi connectivity index (χ4v) is 5.49. The molecule has 4 aromatic carbocycles. The van der Waals surface area contributed by atoms with E-state index in [9.17, 15) is 4.79 Å². The number of rotatable bonds is 11. The Morgan fingerprint density at radius 1 is 0.927 bits per heavy atom. The van der Waals surface area contributed by atoms with Gasteiger partial charge in [0.25, 0.3) is 0 Å². The quantitative estimate of drug-likeness (QED) is 0.0700. The molecule has 0 amide bonds. The van der Waals surface area contributed by atoms with Crippen molar-refractivity contribution in [1.82, 2.24) is 4.57 Å². The summed E-state index contributed by atoms with van der Waals surface area (Å²) in [6, 6.07) is 33.5. The number of carbonyl (C=O) groups excluding carboxylic acids is 1. The Kier molecular flexibility index (Phi) is 8.89. The van der Waals surface area contributed by atoms with Crippen molar-refractivity contribution in [3.8, 4) is 5.75 Å². The summed E-state index contributed by atoms with van der Waals surface area (Å²) in [7, 11) is 1.35. The summed E-state index contributed by atoms with van der Waals surface area (Å²) in [5, 5.41) is 5.53. The van der Waals surface area contributed by atoms with Crippen LogP contribution < -0.4 is 4.74 Å². The minimum atomic E-state index is -0.415. The minimum absolute atomic E-state index is 0.117.